The molecule has 1 atom stereocenters. The molecule has 0 saturated heterocycles. The van der Waals surface area contributed by atoms with Crippen LogP contribution < -0.4 is 5.32 Å². The molecule has 0 radical (unpaired) electrons. The minimum Gasteiger partial charge on any atom is -0.352 e. The van der Waals surface area contributed by atoms with Crippen molar-refractivity contribution in [1.82, 2.24) is 5.32 Å². The molecule has 1 amide bonds. The van der Waals surface area contributed by atoms with Crippen LogP contribution >= 0.6 is 11.8 Å². The zero-order chi connectivity index (χ0) is 13.6. The van der Waals surface area contributed by atoms with Gasteiger partial charge in [-0.05, 0) is 19.1 Å². The lowest BCUT2D eigenvalue weighted by Crippen LogP contribution is -2.38. The molecule has 0 heterocycles. The van der Waals surface area contributed by atoms with Crippen molar-refractivity contribution in [1.29, 1.82) is 0 Å². The molecule has 0 aliphatic heterocycles. The second-order valence-corrected chi connectivity index (χ2v) is 7.40. The average molecular weight is 287 g/mol. The first-order chi connectivity index (χ1) is 8.37. The Morgan fingerprint density at radius 2 is 1.94 bits per heavy atom. The molecule has 1 N–H and O–H groups in total. The summed E-state index contributed by atoms with van der Waals surface area (Å²) < 4.78 is 22.1. The largest absolute Gasteiger partial charge is 0.352 e. The molecule has 0 aliphatic carbocycles. The van der Waals surface area contributed by atoms with Crippen LogP contribution in [0.15, 0.2) is 35.2 Å². The fraction of sp³-hybridized carbons (Fsp3) is 0.417. The van der Waals surface area contributed by atoms with Gasteiger partial charge in [-0.25, -0.2) is 8.42 Å². The molecule has 1 rings (SSSR count). The number of thioether (sulfide) groups is 1. The highest BCUT2D eigenvalue weighted by molar-refractivity contribution is 8.00. The Balaban J connectivity index is 2.34. The number of hydrogen-bond acceptors (Lipinski definition) is 4. The highest BCUT2D eigenvalue weighted by Crippen LogP contribution is 2.16. The van der Waals surface area contributed by atoms with E-state index in [1.807, 2.05) is 30.3 Å². The minimum atomic E-state index is -3.06. The second kappa shape index (κ2) is 6.80. The molecular weight excluding hydrogens is 270 g/mol. The molecule has 1 unspecified atom stereocenters. The Bertz CT molecular complexity index is 485. The van der Waals surface area contributed by atoms with E-state index < -0.39 is 9.84 Å². The van der Waals surface area contributed by atoms with E-state index >= 15 is 0 Å². The Morgan fingerprint density at radius 3 is 2.50 bits per heavy atom. The van der Waals surface area contributed by atoms with Crippen molar-refractivity contribution in [2.45, 2.75) is 17.9 Å². The summed E-state index contributed by atoms with van der Waals surface area (Å²) in [5.74, 6) is 0.104. The third-order valence-electron chi connectivity index (χ3n) is 2.07. The number of rotatable bonds is 6. The van der Waals surface area contributed by atoms with Gasteiger partial charge in [0.25, 0.3) is 0 Å². The third kappa shape index (κ3) is 6.66. The van der Waals surface area contributed by atoms with E-state index in [1.165, 1.54) is 11.8 Å². The number of benzene rings is 1. The maximum absolute atomic E-state index is 11.6. The van der Waals surface area contributed by atoms with Crippen LogP contribution in [0.5, 0.6) is 0 Å². The van der Waals surface area contributed by atoms with Gasteiger partial charge in [-0.15, -0.1) is 11.8 Å². The van der Waals surface area contributed by atoms with Crippen molar-refractivity contribution >= 4 is 27.5 Å². The lowest BCUT2D eigenvalue weighted by molar-refractivity contribution is -0.119. The Labute approximate surface area is 112 Å². The molecule has 100 valence electrons. The molecule has 4 nitrogen and oxygen atoms in total. The zero-order valence-electron chi connectivity index (χ0n) is 10.4. The van der Waals surface area contributed by atoms with Crippen LogP contribution in [0, 0.1) is 0 Å². The van der Waals surface area contributed by atoms with Crippen LogP contribution in [-0.4, -0.2) is 38.1 Å². The summed E-state index contributed by atoms with van der Waals surface area (Å²) in [5.41, 5.74) is 0. The molecule has 0 spiro atoms. The summed E-state index contributed by atoms with van der Waals surface area (Å²) in [6.45, 7) is 1.69. The van der Waals surface area contributed by atoms with E-state index in [4.69, 9.17) is 0 Å². The van der Waals surface area contributed by atoms with Gasteiger partial charge in [0.05, 0.1) is 11.5 Å². The van der Waals surface area contributed by atoms with E-state index in [1.54, 1.807) is 6.92 Å². The van der Waals surface area contributed by atoms with Crippen molar-refractivity contribution in [2.75, 3.05) is 17.8 Å². The molecular formula is C12H17NO3S2. The van der Waals surface area contributed by atoms with Gasteiger partial charge in [0.1, 0.15) is 9.84 Å². The molecule has 0 saturated carbocycles. The van der Waals surface area contributed by atoms with Crippen molar-refractivity contribution in [3.63, 3.8) is 0 Å². The first-order valence-electron chi connectivity index (χ1n) is 5.52. The summed E-state index contributed by atoms with van der Waals surface area (Å²) in [7, 11) is -3.06. The molecule has 18 heavy (non-hydrogen) atoms. The molecule has 6 heteroatoms. The second-order valence-electron chi connectivity index (χ2n) is 4.16. The zero-order valence-corrected chi connectivity index (χ0v) is 12.1. The molecule has 0 fully saturated rings. The van der Waals surface area contributed by atoms with Crippen LogP contribution in [0.1, 0.15) is 6.92 Å². The third-order valence-corrected chi connectivity index (χ3v) is 4.19. The lowest BCUT2D eigenvalue weighted by Gasteiger charge is -2.12. The van der Waals surface area contributed by atoms with Crippen LogP contribution in [0.3, 0.4) is 0 Å². The highest BCUT2D eigenvalue weighted by atomic mass is 32.2. The number of amides is 1. The number of hydrogen-bond donors (Lipinski definition) is 1. The smallest absolute Gasteiger partial charge is 0.230 e. The molecule has 0 aromatic heterocycles. The average Bonchev–Trinajstić information content (AvgIpc) is 2.25. The van der Waals surface area contributed by atoms with Gasteiger partial charge in [-0.1, -0.05) is 18.2 Å². The standard InChI is InChI=1S/C12H17NO3S2/c1-10(9-18(2,15)16)13-12(14)8-17-11-6-4-3-5-7-11/h3-7,10H,8-9H2,1-2H3,(H,13,14). The normalized spacial score (nSPS) is 13.0. The van der Waals surface area contributed by atoms with Gasteiger partial charge < -0.3 is 5.32 Å². The Hall–Kier alpha value is -1.01. The van der Waals surface area contributed by atoms with Crippen LogP contribution in [0.25, 0.3) is 0 Å². The SMILES string of the molecule is CC(CS(C)(=O)=O)NC(=O)CSc1ccccc1. The molecule has 1 aromatic carbocycles. The molecule has 0 aliphatic rings. The van der Waals surface area contributed by atoms with Crippen LogP contribution in [-0.2, 0) is 14.6 Å². The number of nitrogens with one attached hydrogen (secondary N) is 1. The number of carbonyl (C=O) groups excluding carboxylic acids is 1. The number of carbonyl (C=O) groups is 1. The van der Waals surface area contributed by atoms with Crippen molar-refractivity contribution in [3.8, 4) is 0 Å². The highest BCUT2D eigenvalue weighted by Gasteiger charge is 2.13. The van der Waals surface area contributed by atoms with Crippen molar-refractivity contribution < 1.29 is 13.2 Å². The van der Waals surface area contributed by atoms with E-state index in [0.717, 1.165) is 11.2 Å². The van der Waals surface area contributed by atoms with Crippen LogP contribution in [0.2, 0.25) is 0 Å². The van der Waals surface area contributed by atoms with Crippen molar-refractivity contribution in [2.24, 2.45) is 0 Å². The van der Waals surface area contributed by atoms with Gasteiger partial charge in [-0.3, -0.25) is 4.79 Å². The maximum atomic E-state index is 11.6. The van der Waals surface area contributed by atoms with E-state index in [0.29, 0.717) is 0 Å². The van der Waals surface area contributed by atoms with Crippen molar-refractivity contribution in [3.05, 3.63) is 30.3 Å². The van der Waals surface area contributed by atoms with Gasteiger partial charge in [0.15, 0.2) is 0 Å². The monoisotopic (exact) mass is 287 g/mol. The number of sulfone groups is 1. The predicted octanol–water partition coefficient (Wildman–Crippen LogP) is 1.33. The fourth-order valence-electron chi connectivity index (χ4n) is 1.48. The quantitative estimate of drug-likeness (QED) is 0.802. The first-order valence-corrected chi connectivity index (χ1v) is 8.56. The predicted molar refractivity (Wildman–Crippen MR) is 74.5 cm³/mol. The molecule has 0 bridgehead atoms. The fourth-order valence-corrected chi connectivity index (χ4v) is 3.20. The summed E-state index contributed by atoms with van der Waals surface area (Å²) in [5, 5.41) is 2.67. The summed E-state index contributed by atoms with van der Waals surface area (Å²) in [4.78, 5) is 12.6. The van der Waals surface area contributed by atoms with Gasteiger partial charge in [-0.2, -0.15) is 0 Å². The molecule has 1 aromatic rings. The Kier molecular flexibility index (Phi) is 5.68. The van der Waals surface area contributed by atoms with E-state index in [2.05, 4.69) is 5.32 Å². The topological polar surface area (TPSA) is 63.2 Å². The first kappa shape index (κ1) is 15.0. The van der Waals surface area contributed by atoms with E-state index in [-0.39, 0.29) is 23.5 Å². The summed E-state index contributed by atoms with van der Waals surface area (Å²) in [6, 6.07) is 9.23. The van der Waals surface area contributed by atoms with E-state index in [9.17, 15) is 13.2 Å². The Morgan fingerprint density at radius 1 is 1.33 bits per heavy atom. The van der Waals surface area contributed by atoms with Gasteiger partial charge in [0, 0.05) is 17.2 Å². The minimum absolute atomic E-state index is 0.0330. The maximum Gasteiger partial charge on any atom is 0.230 e. The van der Waals surface area contributed by atoms with Crippen LogP contribution in [0.4, 0.5) is 0 Å². The lowest BCUT2D eigenvalue weighted by atomic mass is 10.4. The van der Waals surface area contributed by atoms with Gasteiger partial charge >= 0.3 is 0 Å². The van der Waals surface area contributed by atoms with Gasteiger partial charge in [0.2, 0.25) is 5.91 Å². The summed E-state index contributed by atoms with van der Waals surface area (Å²) in [6.07, 6.45) is 1.16. The summed E-state index contributed by atoms with van der Waals surface area (Å²) >= 11 is 1.43.